The Morgan fingerprint density at radius 1 is 1.50 bits per heavy atom. The molecule has 1 fully saturated rings. The maximum absolute atomic E-state index is 5.80. The van der Waals surface area contributed by atoms with E-state index in [1.165, 1.54) is 25.0 Å². The van der Waals surface area contributed by atoms with Gasteiger partial charge in [-0.15, -0.1) is 0 Å². The molecule has 0 saturated heterocycles. The van der Waals surface area contributed by atoms with Gasteiger partial charge in [0.25, 0.3) is 0 Å². The molecule has 0 aromatic carbocycles. The number of nitrogens with zero attached hydrogens (tertiary/aromatic N) is 2. The Balaban J connectivity index is 2.26. The number of nitrogens with one attached hydrogen (secondary N) is 1. The highest BCUT2D eigenvalue weighted by Gasteiger charge is 2.40. The van der Waals surface area contributed by atoms with Crippen molar-refractivity contribution in [1.82, 2.24) is 15.1 Å². The third kappa shape index (κ3) is 3.10. The average molecular weight is 344 g/mol. The van der Waals surface area contributed by atoms with Gasteiger partial charge in [0.15, 0.2) is 0 Å². The van der Waals surface area contributed by atoms with E-state index in [4.69, 9.17) is 4.74 Å². The third-order valence-electron chi connectivity index (χ3n) is 4.33. The van der Waals surface area contributed by atoms with Crippen LogP contribution in [0.15, 0.2) is 10.7 Å². The zero-order chi connectivity index (χ0) is 14.8. The zero-order valence-electron chi connectivity index (χ0n) is 12.9. The number of ether oxygens (including phenoxy) is 1. The normalized spacial score (nSPS) is 19.1. The summed E-state index contributed by atoms with van der Waals surface area (Å²) in [6.45, 7) is 7.43. The van der Waals surface area contributed by atoms with Crippen LogP contribution in [0.3, 0.4) is 0 Å². The van der Waals surface area contributed by atoms with Crippen LogP contribution in [0.5, 0.6) is 0 Å². The summed E-state index contributed by atoms with van der Waals surface area (Å²) < 4.78 is 9.00. The molecule has 0 radical (unpaired) electrons. The molecule has 0 aliphatic heterocycles. The molecule has 0 bridgehead atoms. The molecule has 1 aliphatic rings. The first kappa shape index (κ1) is 16.0. The fourth-order valence-electron chi connectivity index (χ4n) is 3.03. The Bertz CT molecular complexity index is 435. The number of hydrogen-bond donors (Lipinski definition) is 1. The topological polar surface area (TPSA) is 39.1 Å². The fraction of sp³-hybridized carbons (Fsp3) is 0.800. The second-order valence-electron chi connectivity index (χ2n) is 5.97. The zero-order valence-corrected chi connectivity index (χ0v) is 14.5. The van der Waals surface area contributed by atoms with Crippen LogP contribution < -0.4 is 5.32 Å². The molecule has 1 aliphatic carbocycles. The molecule has 4 nitrogen and oxygen atoms in total. The van der Waals surface area contributed by atoms with Gasteiger partial charge >= 0.3 is 0 Å². The van der Waals surface area contributed by atoms with E-state index in [1.54, 1.807) is 0 Å². The Morgan fingerprint density at radius 2 is 2.20 bits per heavy atom. The van der Waals surface area contributed by atoms with Gasteiger partial charge < -0.3 is 10.1 Å². The molecule has 1 heterocycles. The van der Waals surface area contributed by atoms with Crippen molar-refractivity contribution in [3.8, 4) is 0 Å². The van der Waals surface area contributed by atoms with Gasteiger partial charge in [0.2, 0.25) is 0 Å². The molecule has 0 spiro atoms. The van der Waals surface area contributed by atoms with E-state index in [0.717, 1.165) is 17.4 Å². The second kappa shape index (κ2) is 6.58. The number of halogens is 1. The summed E-state index contributed by atoms with van der Waals surface area (Å²) in [5.74, 6) is 0. The third-order valence-corrected chi connectivity index (χ3v) is 4.94. The van der Waals surface area contributed by atoms with Crippen molar-refractivity contribution in [2.75, 3.05) is 13.7 Å². The summed E-state index contributed by atoms with van der Waals surface area (Å²) in [7, 11) is 1.84. The summed E-state index contributed by atoms with van der Waals surface area (Å²) in [5, 5.41) is 8.12. The predicted molar refractivity (Wildman–Crippen MR) is 84.9 cm³/mol. The first-order valence-corrected chi connectivity index (χ1v) is 8.33. The average Bonchev–Trinajstić information content (AvgIpc) is 2.74. The molecule has 1 N–H and O–H groups in total. The maximum atomic E-state index is 5.80. The summed E-state index contributed by atoms with van der Waals surface area (Å²) in [6.07, 6.45) is 6.52. The molecule has 1 saturated carbocycles. The van der Waals surface area contributed by atoms with Crippen molar-refractivity contribution in [2.24, 2.45) is 0 Å². The van der Waals surface area contributed by atoms with E-state index >= 15 is 0 Å². The minimum Gasteiger partial charge on any atom is -0.378 e. The summed E-state index contributed by atoms with van der Waals surface area (Å²) in [4.78, 5) is 0. The predicted octanol–water partition coefficient (Wildman–Crippen LogP) is 3.84. The molecule has 1 atom stereocenters. The Labute approximate surface area is 130 Å². The van der Waals surface area contributed by atoms with Crippen LogP contribution in [-0.2, 0) is 4.74 Å². The van der Waals surface area contributed by atoms with E-state index in [9.17, 15) is 0 Å². The van der Waals surface area contributed by atoms with Gasteiger partial charge in [-0.25, -0.2) is 0 Å². The number of aromatic nitrogens is 2. The second-order valence-corrected chi connectivity index (χ2v) is 6.83. The molecule has 20 heavy (non-hydrogen) atoms. The van der Waals surface area contributed by atoms with Gasteiger partial charge in [0.1, 0.15) is 0 Å². The lowest BCUT2D eigenvalue weighted by atomic mass is 9.75. The van der Waals surface area contributed by atoms with Crippen LogP contribution in [0.2, 0.25) is 0 Å². The van der Waals surface area contributed by atoms with Crippen molar-refractivity contribution >= 4 is 15.9 Å². The lowest BCUT2D eigenvalue weighted by Crippen LogP contribution is -2.43. The highest BCUT2D eigenvalue weighted by molar-refractivity contribution is 9.10. The van der Waals surface area contributed by atoms with Gasteiger partial charge in [0, 0.05) is 13.2 Å². The highest BCUT2D eigenvalue weighted by atomic mass is 79.9. The van der Waals surface area contributed by atoms with Crippen molar-refractivity contribution < 1.29 is 4.74 Å². The van der Waals surface area contributed by atoms with Gasteiger partial charge in [-0.3, -0.25) is 4.68 Å². The lowest BCUT2D eigenvalue weighted by molar-refractivity contribution is -0.0842. The smallest absolute Gasteiger partial charge is 0.0699 e. The minimum atomic E-state index is 0.0539. The first-order chi connectivity index (χ1) is 9.53. The standard InChI is InChI=1S/C15H26BrN3O/c1-5-17-13(9-15(20-4)7-6-8-15)14-12(16)10-18-19(14)11(2)3/h10-11,13,17H,5-9H2,1-4H3. The van der Waals surface area contributed by atoms with Gasteiger partial charge in [-0.2, -0.15) is 5.10 Å². The molecular formula is C15H26BrN3O. The number of rotatable bonds is 7. The van der Waals surface area contributed by atoms with E-state index in [-0.39, 0.29) is 11.6 Å². The monoisotopic (exact) mass is 343 g/mol. The van der Waals surface area contributed by atoms with Crippen LogP contribution >= 0.6 is 15.9 Å². The molecule has 2 rings (SSSR count). The first-order valence-electron chi connectivity index (χ1n) is 7.54. The molecule has 1 aromatic heterocycles. The molecule has 114 valence electrons. The van der Waals surface area contributed by atoms with Gasteiger partial charge in [0.05, 0.1) is 28.0 Å². The number of hydrogen-bond acceptors (Lipinski definition) is 3. The van der Waals surface area contributed by atoms with Crippen molar-refractivity contribution in [3.63, 3.8) is 0 Å². The summed E-state index contributed by atoms with van der Waals surface area (Å²) in [5.41, 5.74) is 1.29. The van der Waals surface area contributed by atoms with Crippen molar-refractivity contribution in [1.29, 1.82) is 0 Å². The Hall–Kier alpha value is -0.390. The van der Waals surface area contributed by atoms with E-state index in [1.807, 2.05) is 13.3 Å². The SMILES string of the molecule is CCNC(CC1(OC)CCC1)c1c(Br)cnn1C(C)C. The van der Waals surface area contributed by atoms with Crippen molar-refractivity contribution in [3.05, 3.63) is 16.4 Å². The Morgan fingerprint density at radius 3 is 2.65 bits per heavy atom. The molecular weight excluding hydrogens is 318 g/mol. The summed E-state index contributed by atoms with van der Waals surface area (Å²) in [6, 6.07) is 0.636. The quantitative estimate of drug-likeness (QED) is 0.817. The van der Waals surface area contributed by atoms with E-state index in [2.05, 4.69) is 51.8 Å². The Kier molecular flexibility index (Phi) is 5.26. The van der Waals surface area contributed by atoms with Crippen LogP contribution in [-0.4, -0.2) is 29.0 Å². The van der Waals surface area contributed by atoms with E-state index < -0.39 is 0 Å². The fourth-order valence-corrected chi connectivity index (χ4v) is 3.58. The van der Waals surface area contributed by atoms with Crippen LogP contribution in [0, 0.1) is 0 Å². The van der Waals surface area contributed by atoms with Crippen molar-refractivity contribution in [2.45, 2.75) is 64.1 Å². The van der Waals surface area contributed by atoms with Gasteiger partial charge in [-0.1, -0.05) is 6.92 Å². The molecule has 5 heteroatoms. The number of methoxy groups -OCH3 is 1. The van der Waals surface area contributed by atoms with Gasteiger partial charge in [-0.05, 0) is 62.0 Å². The highest BCUT2D eigenvalue weighted by Crippen LogP contribution is 2.43. The van der Waals surface area contributed by atoms with E-state index in [0.29, 0.717) is 6.04 Å². The minimum absolute atomic E-state index is 0.0539. The summed E-state index contributed by atoms with van der Waals surface area (Å²) >= 11 is 3.66. The van der Waals surface area contributed by atoms with Crippen LogP contribution in [0.4, 0.5) is 0 Å². The lowest BCUT2D eigenvalue weighted by Gasteiger charge is -2.43. The van der Waals surface area contributed by atoms with Crippen LogP contribution in [0.1, 0.15) is 64.2 Å². The largest absolute Gasteiger partial charge is 0.378 e. The molecule has 0 amide bonds. The molecule has 1 aromatic rings. The maximum Gasteiger partial charge on any atom is 0.0699 e. The molecule has 1 unspecified atom stereocenters. The van der Waals surface area contributed by atoms with Crippen LogP contribution in [0.25, 0.3) is 0 Å².